The smallest absolute Gasteiger partial charge is 0.268 e. The molecule has 0 aromatic heterocycles. The van der Waals surface area contributed by atoms with Crippen molar-refractivity contribution in [1.29, 1.82) is 0 Å². The van der Waals surface area contributed by atoms with Crippen molar-refractivity contribution in [2.75, 3.05) is 26.4 Å². The maximum atomic E-state index is 11.7. The summed E-state index contributed by atoms with van der Waals surface area (Å²) < 4.78 is 20.4. The van der Waals surface area contributed by atoms with Gasteiger partial charge in [0.25, 0.3) is 7.82 Å². The second kappa shape index (κ2) is 22.1. The van der Waals surface area contributed by atoms with Gasteiger partial charge in [-0.15, -0.1) is 0 Å². The number of hydrogen-bond acceptors (Lipinski definition) is 7. The lowest BCUT2D eigenvalue weighted by Crippen LogP contribution is -2.28. The van der Waals surface area contributed by atoms with Gasteiger partial charge in [-0.25, -0.2) is 0 Å². The number of phosphoric ester groups is 1. The molecule has 0 spiro atoms. The summed E-state index contributed by atoms with van der Waals surface area (Å²) in [5.41, 5.74) is 0. The SMILES string of the molecule is CCCCCCCC/C=C/CCCCCCCC(=O)NCCOP(=O)([O-])OCC(O)CO. The summed E-state index contributed by atoms with van der Waals surface area (Å²) >= 11 is 0. The molecule has 9 heteroatoms. The van der Waals surface area contributed by atoms with Crippen LogP contribution in [0.3, 0.4) is 0 Å². The highest BCUT2D eigenvalue weighted by Crippen LogP contribution is 2.37. The molecule has 0 aromatic carbocycles. The molecular formula is C23H45NO7P-. The number of unbranched alkanes of at least 4 members (excludes halogenated alkanes) is 11. The molecule has 0 aliphatic rings. The lowest BCUT2D eigenvalue weighted by Gasteiger charge is -2.23. The molecule has 0 radical (unpaired) electrons. The Bertz CT molecular complexity index is 517. The number of rotatable bonds is 23. The molecule has 0 heterocycles. The van der Waals surface area contributed by atoms with Gasteiger partial charge in [-0.2, -0.15) is 0 Å². The lowest BCUT2D eigenvalue weighted by molar-refractivity contribution is -0.227. The van der Waals surface area contributed by atoms with Crippen LogP contribution < -0.4 is 10.2 Å². The van der Waals surface area contributed by atoms with E-state index in [2.05, 4.69) is 33.4 Å². The van der Waals surface area contributed by atoms with Crippen LogP contribution in [0, 0.1) is 0 Å². The third-order valence-corrected chi connectivity index (χ3v) is 5.94. The highest BCUT2D eigenvalue weighted by atomic mass is 31.2. The molecule has 2 atom stereocenters. The van der Waals surface area contributed by atoms with Crippen LogP contribution >= 0.6 is 7.82 Å². The van der Waals surface area contributed by atoms with Crippen LogP contribution in [0.1, 0.15) is 96.8 Å². The van der Waals surface area contributed by atoms with Crippen molar-refractivity contribution in [3.05, 3.63) is 12.2 Å². The Kier molecular flexibility index (Phi) is 21.5. The minimum Gasteiger partial charge on any atom is -0.756 e. The van der Waals surface area contributed by atoms with E-state index in [1.165, 1.54) is 57.8 Å². The first-order valence-electron chi connectivity index (χ1n) is 12.2. The molecule has 1 amide bonds. The van der Waals surface area contributed by atoms with Gasteiger partial charge in [0, 0.05) is 13.0 Å². The average molecular weight is 479 g/mol. The molecule has 8 nitrogen and oxygen atoms in total. The number of phosphoric acid groups is 1. The van der Waals surface area contributed by atoms with Gasteiger partial charge in [0.1, 0.15) is 6.10 Å². The minimum atomic E-state index is -4.55. The van der Waals surface area contributed by atoms with Crippen molar-refractivity contribution in [3.8, 4) is 0 Å². The van der Waals surface area contributed by atoms with Crippen molar-refractivity contribution in [3.63, 3.8) is 0 Å². The Morgan fingerprint density at radius 3 is 2.12 bits per heavy atom. The van der Waals surface area contributed by atoms with Gasteiger partial charge in [-0.1, -0.05) is 70.4 Å². The number of nitrogens with one attached hydrogen (secondary N) is 1. The molecule has 0 bridgehead atoms. The first-order valence-corrected chi connectivity index (χ1v) is 13.7. The molecule has 2 unspecified atom stereocenters. The predicted molar refractivity (Wildman–Crippen MR) is 125 cm³/mol. The summed E-state index contributed by atoms with van der Waals surface area (Å²) in [6, 6.07) is 0. The van der Waals surface area contributed by atoms with E-state index in [1.807, 2.05) is 0 Å². The molecule has 3 N–H and O–H groups in total. The van der Waals surface area contributed by atoms with Crippen LogP contribution in [-0.4, -0.2) is 48.6 Å². The summed E-state index contributed by atoms with van der Waals surface area (Å²) in [6.07, 6.45) is 19.4. The van der Waals surface area contributed by atoms with Crippen LogP contribution in [0.15, 0.2) is 12.2 Å². The zero-order chi connectivity index (χ0) is 23.9. The van der Waals surface area contributed by atoms with E-state index in [9.17, 15) is 14.3 Å². The van der Waals surface area contributed by atoms with Crippen molar-refractivity contribution >= 4 is 13.7 Å². The Morgan fingerprint density at radius 1 is 0.969 bits per heavy atom. The zero-order valence-electron chi connectivity index (χ0n) is 19.8. The predicted octanol–water partition coefficient (Wildman–Crippen LogP) is 3.99. The minimum absolute atomic E-state index is 0.0576. The van der Waals surface area contributed by atoms with Crippen LogP contribution in [0.25, 0.3) is 0 Å². The van der Waals surface area contributed by atoms with E-state index < -0.39 is 27.1 Å². The summed E-state index contributed by atoms with van der Waals surface area (Å²) in [5.74, 6) is -0.136. The second-order valence-corrected chi connectivity index (χ2v) is 9.51. The third kappa shape index (κ3) is 22.4. The molecule has 0 aliphatic heterocycles. The summed E-state index contributed by atoms with van der Waals surface area (Å²) in [4.78, 5) is 23.1. The van der Waals surface area contributed by atoms with E-state index in [0.29, 0.717) is 6.42 Å². The average Bonchev–Trinajstić information content (AvgIpc) is 2.77. The van der Waals surface area contributed by atoms with Gasteiger partial charge >= 0.3 is 0 Å². The molecule has 0 saturated heterocycles. The number of carbonyl (C=O) groups excluding carboxylic acids is 1. The summed E-state index contributed by atoms with van der Waals surface area (Å²) in [7, 11) is -4.55. The Hall–Kier alpha value is -0.760. The summed E-state index contributed by atoms with van der Waals surface area (Å²) in [6.45, 7) is 0.883. The van der Waals surface area contributed by atoms with Gasteiger partial charge in [0.05, 0.1) is 19.8 Å². The Labute approximate surface area is 194 Å². The molecule has 190 valence electrons. The lowest BCUT2D eigenvalue weighted by atomic mass is 10.1. The highest BCUT2D eigenvalue weighted by Gasteiger charge is 2.12. The number of hydrogen-bond donors (Lipinski definition) is 3. The van der Waals surface area contributed by atoms with Crippen molar-refractivity contribution in [1.82, 2.24) is 5.32 Å². The Morgan fingerprint density at radius 2 is 1.53 bits per heavy atom. The quantitative estimate of drug-likeness (QED) is 0.115. The molecule has 0 rings (SSSR count). The number of aliphatic hydroxyl groups excluding tert-OH is 2. The molecule has 0 saturated carbocycles. The van der Waals surface area contributed by atoms with Gasteiger partial charge < -0.3 is 29.5 Å². The van der Waals surface area contributed by atoms with E-state index in [4.69, 9.17) is 10.2 Å². The fourth-order valence-corrected chi connectivity index (χ4v) is 3.80. The van der Waals surface area contributed by atoms with Crippen LogP contribution in [0.5, 0.6) is 0 Å². The van der Waals surface area contributed by atoms with Crippen molar-refractivity contribution in [2.24, 2.45) is 0 Å². The number of allylic oxidation sites excluding steroid dienone is 2. The first kappa shape index (κ1) is 31.2. The topological polar surface area (TPSA) is 128 Å². The fraction of sp³-hybridized carbons (Fsp3) is 0.870. The molecule has 0 aliphatic carbocycles. The van der Waals surface area contributed by atoms with E-state index in [1.54, 1.807) is 0 Å². The highest BCUT2D eigenvalue weighted by molar-refractivity contribution is 7.45. The van der Waals surface area contributed by atoms with Crippen molar-refractivity contribution in [2.45, 2.75) is 103 Å². The maximum absolute atomic E-state index is 11.7. The van der Waals surface area contributed by atoms with Gasteiger partial charge in [-0.05, 0) is 32.1 Å². The van der Waals surface area contributed by atoms with Gasteiger partial charge in [0.15, 0.2) is 0 Å². The largest absolute Gasteiger partial charge is 0.756 e. The zero-order valence-corrected chi connectivity index (χ0v) is 20.7. The monoisotopic (exact) mass is 478 g/mol. The number of aliphatic hydroxyl groups is 2. The fourth-order valence-electron chi connectivity index (χ4n) is 3.06. The third-order valence-electron chi connectivity index (χ3n) is 4.98. The molecule has 32 heavy (non-hydrogen) atoms. The summed E-state index contributed by atoms with van der Waals surface area (Å²) in [5, 5.41) is 20.2. The first-order chi connectivity index (χ1) is 15.4. The number of carbonyl (C=O) groups is 1. The van der Waals surface area contributed by atoms with Crippen LogP contribution in [0.2, 0.25) is 0 Å². The molecule has 0 aromatic rings. The van der Waals surface area contributed by atoms with Gasteiger partial charge in [0.2, 0.25) is 5.91 Å². The standard InChI is InChI=1S/C23H46NO7P/c1-2-3-4-5-6-7-8-9-10-11-12-13-14-15-16-17-23(27)24-18-19-30-32(28,29)31-21-22(26)20-25/h9-10,22,25-26H,2-8,11-21H2,1H3,(H,24,27)(H,28,29)/p-1/b10-9+. The van der Waals surface area contributed by atoms with E-state index in [0.717, 1.165) is 25.7 Å². The van der Waals surface area contributed by atoms with Crippen LogP contribution in [-0.2, 0) is 18.4 Å². The number of amides is 1. The van der Waals surface area contributed by atoms with E-state index in [-0.39, 0.29) is 19.1 Å². The normalized spacial score (nSPS) is 14.5. The molecular weight excluding hydrogens is 433 g/mol. The van der Waals surface area contributed by atoms with Crippen LogP contribution in [0.4, 0.5) is 0 Å². The maximum Gasteiger partial charge on any atom is 0.268 e. The van der Waals surface area contributed by atoms with E-state index >= 15 is 0 Å². The van der Waals surface area contributed by atoms with Gasteiger partial charge in [-0.3, -0.25) is 9.36 Å². The molecule has 0 fully saturated rings. The van der Waals surface area contributed by atoms with Crippen molar-refractivity contribution < 1.29 is 33.5 Å². The second-order valence-electron chi connectivity index (χ2n) is 8.10. The Balaban J connectivity index is 3.44.